The number of furan rings is 1. The van der Waals surface area contributed by atoms with E-state index in [1.807, 2.05) is 13.8 Å². The van der Waals surface area contributed by atoms with E-state index in [0.717, 1.165) is 0 Å². The highest BCUT2D eigenvalue weighted by molar-refractivity contribution is 6.46. The number of aliphatic hydroxyl groups excluding tert-OH is 1. The minimum atomic E-state index is -0.865. The molecule has 1 amide bonds. The maximum atomic E-state index is 13.2. The molecule has 176 valence electrons. The molecule has 8 heteroatoms. The first-order valence-electron chi connectivity index (χ1n) is 10.9. The smallest absolute Gasteiger partial charge is 0.296 e. The number of halogens is 1. The highest BCUT2D eigenvalue weighted by Crippen LogP contribution is 2.42. The third kappa shape index (κ3) is 4.52. The van der Waals surface area contributed by atoms with Crippen LogP contribution in [0.5, 0.6) is 11.5 Å². The molecule has 34 heavy (non-hydrogen) atoms. The molecule has 0 radical (unpaired) electrons. The Kier molecular flexibility index (Phi) is 6.93. The van der Waals surface area contributed by atoms with Gasteiger partial charge in [0.1, 0.15) is 11.5 Å². The third-order valence-electron chi connectivity index (χ3n) is 5.45. The van der Waals surface area contributed by atoms with Crippen molar-refractivity contribution in [1.29, 1.82) is 0 Å². The SMILES string of the molecule is CCOc1ccc(C2/C(=C(\O)c3ccc(Cl)cc3)C(=O)C(=O)N2Cc2ccco2)cc1OCC. The van der Waals surface area contributed by atoms with Crippen LogP contribution in [0.1, 0.15) is 36.8 Å². The second-order valence-electron chi connectivity index (χ2n) is 7.59. The van der Waals surface area contributed by atoms with E-state index in [4.69, 9.17) is 25.5 Å². The minimum absolute atomic E-state index is 0.0227. The molecule has 0 spiro atoms. The van der Waals surface area contributed by atoms with Gasteiger partial charge in [-0.3, -0.25) is 9.59 Å². The number of ketones is 1. The molecule has 2 heterocycles. The Bertz CT molecular complexity index is 1220. The first-order valence-corrected chi connectivity index (χ1v) is 11.3. The number of amides is 1. The maximum absolute atomic E-state index is 13.2. The Labute approximate surface area is 202 Å². The molecule has 1 fully saturated rings. The van der Waals surface area contributed by atoms with Gasteiger partial charge in [-0.25, -0.2) is 0 Å². The van der Waals surface area contributed by atoms with Crippen LogP contribution in [0.4, 0.5) is 0 Å². The van der Waals surface area contributed by atoms with Crippen LogP contribution in [0.2, 0.25) is 5.02 Å². The van der Waals surface area contributed by atoms with Crippen molar-refractivity contribution in [2.45, 2.75) is 26.4 Å². The zero-order chi connectivity index (χ0) is 24.2. The summed E-state index contributed by atoms with van der Waals surface area (Å²) in [6, 6.07) is 14.2. The molecule has 1 aliphatic rings. The number of hydrogen-bond donors (Lipinski definition) is 1. The van der Waals surface area contributed by atoms with Crippen LogP contribution in [-0.4, -0.2) is 34.9 Å². The van der Waals surface area contributed by atoms with Crippen LogP contribution in [0.3, 0.4) is 0 Å². The predicted molar refractivity (Wildman–Crippen MR) is 127 cm³/mol. The van der Waals surface area contributed by atoms with Crippen molar-refractivity contribution in [3.8, 4) is 11.5 Å². The van der Waals surface area contributed by atoms with Crippen LogP contribution in [0, 0.1) is 0 Å². The van der Waals surface area contributed by atoms with Gasteiger partial charge in [0.05, 0.1) is 37.6 Å². The van der Waals surface area contributed by atoms with Gasteiger partial charge in [-0.05, 0) is 67.9 Å². The number of aliphatic hydroxyl groups is 1. The first kappa shape index (κ1) is 23.4. The molecule has 1 N–H and O–H groups in total. The predicted octanol–water partition coefficient (Wildman–Crippen LogP) is 5.35. The number of hydrogen-bond acceptors (Lipinski definition) is 6. The van der Waals surface area contributed by atoms with E-state index in [2.05, 4.69) is 0 Å². The lowest BCUT2D eigenvalue weighted by molar-refractivity contribution is -0.140. The van der Waals surface area contributed by atoms with Crippen molar-refractivity contribution >= 4 is 29.1 Å². The van der Waals surface area contributed by atoms with E-state index in [1.165, 1.54) is 11.2 Å². The average Bonchev–Trinajstić information content (AvgIpc) is 3.43. The van der Waals surface area contributed by atoms with Crippen LogP contribution in [0.25, 0.3) is 5.76 Å². The molecule has 1 aromatic heterocycles. The molecule has 3 aromatic rings. The van der Waals surface area contributed by atoms with Gasteiger partial charge >= 0.3 is 0 Å². The summed E-state index contributed by atoms with van der Waals surface area (Å²) in [6.07, 6.45) is 1.50. The monoisotopic (exact) mass is 481 g/mol. The summed E-state index contributed by atoms with van der Waals surface area (Å²) in [6.45, 7) is 4.63. The van der Waals surface area contributed by atoms with Crippen LogP contribution in [-0.2, 0) is 16.1 Å². The zero-order valence-electron chi connectivity index (χ0n) is 18.8. The maximum Gasteiger partial charge on any atom is 0.296 e. The molecular weight excluding hydrogens is 458 g/mol. The highest BCUT2D eigenvalue weighted by Gasteiger charge is 2.46. The van der Waals surface area contributed by atoms with E-state index in [9.17, 15) is 14.7 Å². The standard InChI is InChI=1S/C26H24ClNO6/c1-3-32-20-12-9-17(14-21(20)33-4-2)23-22(24(29)16-7-10-18(27)11-8-16)25(30)26(31)28(23)15-19-6-5-13-34-19/h5-14,23,29H,3-4,15H2,1-2H3/b24-22+. The van der Waals surface area contributed by atoms with Crippen molar-refractivity contribution in [2.75, 3.05) is 13.2 Å². The largest absolute Gasteiger partial charge is 0.507 e. The fraction of sp³-hybridized carbons (Fsp3) is 0.231. The van der Waals surface area contributed by atoms with Crippen molar-refractivity contribution in [3.05, 3.63) is 88.3 Å². The summed E-state index contributed by atoms with van der Waals surface area (Å²) >= 11 is 5.98. The lowest BCUT2D eigenvalue weighted by atomic mass is 9.95. The average molecular weight is 482 g/mol. The molecule has 4 rings (SSSR count). The van der Waals surface area contributed by atoms with E-state index in [-0.39, 0.29) is 17.9 Å². The number of ether oxygens (including phenoxy) is 2. The molecular formula is C26H24ClNO6. The Balaban J connectivity index is 1.87. The van der Waals surface area contributed by atoms with Crippen LogP contribution in [0.15, 0.2) is 70.9 Å². The molecule has 1 atom stereocenters. The van der Waals surface area contributed by atoms with E-state index in [1.54, 1.807) is 54.6 Å². The zero-order valence-corrected chi connectivity index (χ0v) is 19.5. The second-order valence-corrected chi connectivity index (χ2v) is 8.02. The number of carbonyl (C=O) groups is 2. The molecule has 0 bridgehead atoms. The number of rotatable bonds is 8. The fourth-order valence-electron chi connectivity index (χ4n) is 3.96. The Morgan fingerprint density at radius 1 is 1.03 bits per heavy atom. The molecule has 1 aliphatic heterocycles. The molecule has 1 unspecified atom stereocenters. The lowest BCUT2D eigenvalue weighted by Gasteiger charge is -2.25. The van der Waals surface area contributed by atoms with Gasteiger partial charge in [0.15, 0.2) is 11.5 Å². The third-order valence-corrected chi connectivity index (χ3v) is 5.70. The summed E-state index contributed by atoms with van der Waals surface area (Å²) in [5, 5.41) is 11.6. The number of benzene rings is 2. The van der Waals surface area contributed by atoms with Gasteiger partial charge in [0.25, 0.3) is 11.7 Å². The Morgan fingerprint density at radius 3 is 2.38 bits per heavy atom. The van der Waals surface area contributed by atoms with Gasteiger partial charge in [0, 0.05) is 10.6 Å². The van der Waals surface area contributed by atoms with Crippen molar-refractivity contribution in [1.82, 2.24) is 4.90 Å². The Morgan fingerprint density at radius 2 is 1.74 bits per heavy atom. The van der Waals surface area contributed by atoms with Crippen molar-refractivity contribution in [2.24, 2.45) is 0 Å². The van der Waals surface area contributed by atoms with E-state index >= 15 is 0 Å². The number of likely N-dealkylation sites (tertiary alicyclic amines) is 1. The normalized spacial score (nSPS) is 17.3. The second kappa shape index (κ2) is 10.1. The van der Waals surface area contributed by atoms with Gasteiger partial charge < -0.3 is 23.9 Å². The fourth-order valence-corrected chi connectivity index (χ4v) is 4.09. The van der Waals surface area contributed by atoms with E-state index < -0.39 is 17.7 Å². The summed E-state index contributed by atoms with van der Waals surface area (Å²) in [4.78, 5) is 27.7. The summed E-state index contributed by atoms with van der Waals surface area (Å²) in [7, 11) is 0. The molecule has 2 aromatic carbocycles. The number of nitrogens with zero attached hydrogens (tertiary/aromatic N) is 1. The summed E-state index contributed by atoms with van der Waals surface area (Å²) in [5.41, 5.74) is 0.944. The quantitative estimate of drug-likeness (QED) is 0.265. The molecule has 0 saturated carbocycles. The van der Waals surface area contributed by atoms with Gasteiger partial charge in [-0.1, -0.05) is 17.7 Å². The lowest BCUT2D eigenvalue weighted by Crippen LogP contribution is -2.29. The minimum Gasteiger partial charge on any atom is -0.507 e. The van der Waals surface area contributed by atoms with Gasteiger partial charge in [-0.15, -0.1) is 0 Å². The summed E-state index contributed by atoms with van der Waals surface area (Å²) in [5.74, 6) is -0.256. The number of Topliss-reactive ketones (excluding diaryl/α,β-unsaturated/α-hetero) is 1. The van der Waals surface area contributed by atoms with Crippen molar-refractivity contribution in [3.63, 3.8) is 0 Å². The topological polar surface area (TPSA) is 89.2 Å². The number of carbonyl (C=O) groups excluding carboxylic acids is 2. The van der Waals surface area contributed by atoms with Gasteiger partial charge in [-0.2, -0.15) is 0 Å². The molecule has 7 nitrogen and oxygen atoms in total. The van der Waals surface area contributed by atoms with Crippen LogP contribution < -0.4 is 9.47 Å². The van der Waals surface area contributed by atoms with E-state index in [0.29, 0.717) is 46.6 Å². The highest BCUT2D eigenvalue weighted by atomic mass is 35.5. The van der Waals surface area contributed by atoms with Gasteiger partial charge in [0.2, 0.25) is 0 Å². The van der Waals surface area contributed by atoms with Crippen LogP contribution >= 0.6 is 11.6 Å². The Hall–Kier alpha value is -3.71. The van der Waals surface area contributed by atoms with Crippen molar-refractivity contribution < 1.29 is 28.6 Å². The first-order chi connectivity index (χ1) is 16.4. The molecule has 0 aliphatic carbocycles. The molecule has 1 saturated heterocycles. The summed E-state index contributed by atoms with van der Waals surface area (Å²) < 4.78 is 16.8.